The summed E-state index contributed by atoms with van der Waals surface area (Å²) in [7, 11) is 0. The summed E-state index contributed by atoms with van der Waals surface area (Å²) in [5.74, 6) is 0.972. The number of ether oxygens (including phenoxy) is 1. The second-order valence-electron chi connectivity index (χ2n) is 2.91. The maximum absolute atomic E-state index is 8.71. The highest BCUT2D eigenvalue weighted by Crippen LogP contribution is 2.14. The van der Waals surface area contributed by atoms with Crippen molar-refractivity contribution in [3.63, 3.8) is 0 Å². The molecule has 0 aliphatic heterocycles. The number of nitriles is 1. The Morgan fingerprint density at radius 2 is 2.23 bits per heavy atom. The molecule has 0 saturated carbocycles. The van der Waals surface area contributed by atoms with E-state index in [1.165, 1.54) is 6.20 Å². The van der Waals surface area contributed by atoms with Gasteiger partial charge >= 0.3 is 0 Å². The highest BCUT2D eigenvalue weighted by Gasteiger charge is 2.07. The van der Waals surface area contributed by atoms with Crippen LogP contribution in [0.3, 0.4) is 0 Å². The number of nitrogens with zero attached hydrogens (tertiary/aromatic N) is 3. The van der Waals surface area contributed by atoms with Crippen LogP contribution in [0, 0.1) is 18.3 Å². The van der Waals surface area contributed by atoms with Gasteiger partial charge < -0.3 is 4.74 Å². The maximum atomic E-state index is 8.71. The standard InChI is InChI=1S/C9H11N3O/c1-6(2)13-9-8(4-10)5-11-7(3)12-9/h5-6H,1-3H3. The summed E-state index contributed by atoms with van der Waals surface area (Å²) in [6, 6.07) is 1.98. The molecule has 1 aromatic rings. The SMILES string of the molecule is Cc1ncc(C#N)c(OC(C)C)n1. The van der Waals surface area contributed by atoms with Gasteiger partial charge in [0.25, 0.3) is 0 Å². The summed E-state index contributed by atoms with van der Waals surface area (Å²) in [5, 5.41) is 8.71. The fourth-order valence-corrected chi connectivity index (χ4v) is 0.839. The molecule has 0 aliphatic rings. The topological polar surface area (TPSA) is 58.8 Å². The van der Waals surface area contributed by atoms with Gasteiger partial charge in [-0.3, -0.25) is 0 Å². The lowest BCUT2D eigenvalue weighted by Crippen LogP contribution is -2.09. The quantitative estimate of drug-likeness (QED) is 0.685. The molecule has 0 saturated heterocycles. The number of hydrogen-bond acceptors (Lipinski definition) is 4. The predicted octanol–water partition coefficient (Wildman–Crippen LogP) is 1.44. The van der Waals surface area contributed by atoms with Crippen LogP contribution in [-0.2, 0) is 0 Å². The van der Waals surface area contributed by atoms with Gasteiger partial charge in [-0.2, -0.15) is 10.2 Å². The third-order valence-electron chi connectivity index (χ3n) is 1.34. The lowest BCUT2D eigenvalue weighted by atomic mass is 10.3. The van der Waals surface area contributed by atoms with Crippen LogP contribution in [0.25, 0.3) is 0 Å². The minimum Gasteiger partial charge on any atom is -0.474 e. The van der Waals surface area contributed by atoms with E-state index in [0.717, 1.165) is 0 Å². The molecule has 0 bridgehead atoms. The van der Waals surface area contributed by atoms with E-state index in [2.05, 4.69) is 9.97 Å². The molecule has 13 heavy (non-hydrogen) atoms. The van der Waals surface area contributed by atoms with Crippen LogP contribution in [0.15, 0.2) is 6.20 Å². The molecule has 0 spiro atoms. The monoisotopic (exact) mass is 177 g/mol. The summed E-state index contributed by atoms with van der Waals surface area (Å²) >= 11 is 0. The second-order valence-corrected chi connectivity index (χ2v) is 2.91. The molecule has 0 radical (unpaired) electrons. The number of aromatic nitrogens is 2. The fraction of sp³-hybridized carbons (Fsp3) is 0.444. The van der Waals surface area contributed by atoms with Crippen LogP contribution in [0.4, 0.5) is 0 Å². The van der Waals surface area contributed by atoms with Crippen LogP contribution in [0.5, 0.6) is 5.88 Å². The number of hydrogen-bond donors (Lipinski definition) is 0. The van der Waals surface area contributed by atoms with Crippen molar-refractivity contribution >= 4 is 0 Å². The summed E-state index contributed by atoms with van der Waals surface area (Å²) < 4.78 is 5.34. The Morgan fingerprint density at radius 3 is 2.77 bits per heavy atom. The van der Waals surface area contributed by atoms with E-state index in [-0.39, 0.29) is 6.10 Å². The van der Waals surface area contributed by atoms with Crippen molar-refractivity contribution in [1.29, 1.82) is 5.26 Å². The highest BCUT2D eigenvalue weighted by atomic mass is 16.5. The van der Waals surface area contributed by atoms with Crippen molar-refractivity contribution < 1.29 is 4.74 Å². The Bertz CT molecular complexity index is 341. The summed E-state index contributed by atoms with van der Waals surface area (Å²) in [5.41, 5.74) is 0.374. The molecule has 0 fully saturated rings. The van der Waals surface area contributed by atoms with E-state index in [4.69, 9.17) is 10.00 Å². The molecule has 0 aromatic carbocycles. The maximum Gasteiger partial charge on any atom is 0.235 e. The largest absolute Gasteiger partial charge is 0.474 e. The molecule has 0 unspecified atom stereocenters. The molecule has 0 N–H and O–H groups in total. The van der Waals surface area contributed by atoms with Crippen molar-refractivity contribution in [2.45, 2.75) is 26.9 Å². The fourth-order valence-electron chi connectivity index (χ4n) is 0.839. The molecule has 1 aromatic heterocycles. The Balaban J connectivity index is 3.03. The summed E-state index contributed by atoms with van der Waals surface area (Å²) in [6.07, 6.45) is 1.49. The molecule has 4 heteroatoms. The van der Waals surface area contributed by atoms with Crippen molar-refractivity contribution in [3.8, 4) is 11.9 Å². The first kappa shape index (κ1) is 9.46. The molecule has 68 valence electrons. The normalized spacial score (nSPS) is 9.77. The van der Waals surface area contributed by atoms with Gasteiger partial charge in [-0.1, -0.05) is 0 Å². The van der Waals surface area contributed by atoms with Gasteiger partial charge in [0.1, 0.15) is 17.5 Å². The first-order chi connectivity index (χ1) is 6.13. The second kappa shape index (κ2) is 3.85. The molecule has 4 nitrogen and oxygen atoms in total. The van der Waals surface area contributed by atoms with E-state index in [1.807, 2.05) is 19.9 Å². The van der Waals surface area contributed by atoms with Gasteiger partial charge in [-0.05, 0) is 20.8 Å². The zero-order valence-electron chi connectivity index (χ0n) is 7.90. The molecule has 1 rings (SSSR count). The Kier molecular flexibility index (Phi) is 2.80. The van der Waals surface area contributed by atoms with Gasteiger partial charge in [-0.25, -0.2) is 4.98 Å². The van der Waals surface area contributed by atoms with Crippen LogP contribution in [0.1, 0.15) is 25.2 Å². The smallest absolute Gasteiger partial charge is 0.235 e. The van der Waals surface area contributed by atoms with Crippen LogP contribution < -0.4 is 4.74 Å². The van der Waals surface area contributed by atoms with Crippen LogP contribution >= 0.6 is 0 Å². The lowest BCUT2D eigenvalue weighted by molar-refractivity contribution is 0.231. The Morgan fingerprint density at radius 1 is 1.54 bits per heavy atom. The van der Waals surface area contributed by atoms with Crippen molar-refractivity contribution in [2.75, 3.05) is 0 Å². The molecular weight excluding hydrogens is 166 g/mol. The van der Waals surface area contributed by atoms with Gasteiger partial charge in [-0.15, -0.1) is 0 Å². The van der Waals surface area contributed by atoms with Gasteiger partial charge in [0.15, 0.2) is 0 Å². The first-order valence-corrected chi connectivity index (χ1v) is 4.04. The minimum absolute atomic E-state index is 0.0152. The highest BCUT2D eigenvalue weighted by molar-refractivity contribution is 5.35. The van der Waals surface area contributed by atoms with Crippen LogP contribution in [-0.4, -0.2) is 16.1 Å². The molecule has 0 aliphatic carbocycles. The molecule has 0 amide bonds. The number of aryl methyl sites for hydroxylation is 1. The molecule has 0 atom stereocenters. The third-order valence-corrected chi connectivity index (χ3v) is 1.34. The zero-order valence-corrected chi connectivity index (χ0v) is 7.90. The third kappa shape index (κ3) is 2.41. The van der Waals surface area contributed by atoms with Crippen molar-refractivity contribution in [1.82, 2.24) is 9.97 Å². The molecule has 1 heterocycles. The van der Waals surface area contributed by atoms with E-state index in [9.17, 15) is 0 Å². The zero-order chi connectivity index (χ0) is 9.84. The average Bonchev–Trinajstić information content (AvgIpc) is 2.03. The Hall–Kier alpha value is -1.63. The lowest BCUT2D eigenvalue weighted by Gasteiger charge is -2.09. The van der Waals surface area contributed by atoms with Gasteiger partial charge in [0, 0.05) is 0 Å². The van der Waals surface area contributed by atoms with Gasteiger partial charge in [0.05, 0.1) is 12.3 Å². The minimum atomic E-state index is 0.0152. The summed E-state index contributed by atoms with van der Waals surface area (Å²) in [4.78, 5) is 7.93. The number of rotatable bonds is 2. The Labute approximate surface area is 77.2 Å². The van der Waals surface area contributed by atoms with Crippen molar-refractivity contribution in [3.05, 3.63) is 17.6 Å². The predicted molar refractivity (Wildman–Crippen MR) is 47.2 cm³/mol. The molecular formula is C9H11N3O. The van der Waals surface area contributed by atoms with Gasteiger partial charge in [0.2, 0.25) is 5.88 Å². The van der Waals surface area contributed by atoms with E-state index < -0.39 is 0 Å². The van der Waals surface area contributed by atoms with Crippen molar-refractivity contribution in [2.24, 2.45) is 0 Å². The van der Waals surface area contributed by atoms with E-state index in [0.29, 0.717) is 17.3 Å². The first-order valence-electron chi connectivity index (χ1n) is 4.04. The summed E-state index contributed by atoms with van der Waals surface area (Å²) in [6.45, 7) is 5.53. The van der Waals surface area contributed by atoms with E-state index >= 15 is 0 Å². The average molecular weight is 177 g/mol. The van der Waals surface area contributed by atoms with E-state index in [1.54, 1.807) is 6.92 Å². The van der Waals surface area contributed by atoms with Crippen LogP contribution in [0.2, 0.25) is 0 Å².